The zero-order valence-corrected chi connectivity index (χ0v) is 13.2. The maximum absolute atomic E-state index is 4.66. The molecule has 1 aromatic heterocycles. The average Bonchev–Trinajstić information content (AvgIpc) is 2.90. The first-order chi connectivity index (χ1) is 9.22. The number of aromatic nitrogens is 3. The summed E-state index contributed by atoms with van der Waals surface area (Å²) in [6.07, 6.45) is 6.98. The Morgan fingerprint density at radius 2 is 1.79 bits per heavy atom. The molecule has 100 valence electrons. The van der Waals surface area contributed by atoms with Gasteiger partial charge in [-0.1, -0.05) is 19.1 Å². The molecule has 1 saturated carbocycles. The minimum absolute atomic E-state index is 0.543. The molecule has 0 amide bonds. The van der Waals surface area contributed by atoms with Gasteiger partial charge in [0, 0.05) is 9.13 Å². The van der Waals surface area contributed by atoms with Crippen LogP contribution in [0.4, 0.5) is 0 Å². The molecule has 0 bridgehead atoms. The number of hydrogen-bond acceptors (Lipinski definition) is 2. The highest BCUT2D eigenvalue weighted by atomic mass is 127. The third-order valence-electron chi connectivity index (χ3n) is 3.97. The van der Waals surface area contributed by atoms with Crippen LogP contribution in [-0.2, 0) is 0 Å². The summed E-state index contributed by atoms with van der Waals surface area (Å²) in [5, 5.41) is 4.66. The van der Waals surface area contributed by atoms with Crippen LogP contribution in [0.15, 0.2) is 30.6 Å². The fraction of sp³-hybridized carbons (Fsp3) is 0.467. The minimum atomic E-state index is 0.543. The Morgan fingerprint density at radius 3 is 2.47 bits per heavy atom. The maximum Gasteiger partial charge on any atom is 0.181 e. The van der Waals surface area contributed by atoms with E-state index in [1.165, 1.54) is 29.3 Å². The second-order valence-corrected chi connectivity index (χ2v) is 6.71. The molecule has 3 nitrogen and oxygen atoms in total. The van der Waals surface area contributed by atoms with E-state index in [2.05, 4.69) is 68.5 Å². The highest BCUT2D eigenvalue weighted by Gasteiger charge is 2.20. The Kier molecular flexibility index (Phi) is 3.86. The van der Waals surface area contributed by atoms with Gasteiger partial charge in [0.1, 0.15) is 6.33 Å². The van der Waals surface area contributed by atoms with Gasteiger partial charge in [0.05, 0.1) is 6.04 Å². The lowest BCUT2D eigenvalue weighted by molar-refractivity contribution is 0.274. The van der Waals surface area contributed by atoms with Gasteiger partial charge in [-0.3, -0.25) is 0 Å². The summed E-state index contributed by atoms with van der Waals surface area (Å²) in [5.41, 5.74) is 1.10. The Bertz CT molecular complexity index is 539. The van der Waals surface area contributed by atoms with Gasteiger partial charge >= 0.3 is 0 Å². The van der Waals surface area contributed by atoms with Gasteiger partial charge in [0.25, 0.3) is 0 Å². The topological polar surface area (TPSA) is 30.7 Å². The summed E-state index contributed by atoms with van der Waals surface area (Å²) >= 11 is 2.31. The van der Waals surface area contributed by atoms with Gasteiger partial charge in [0.2, 0.25) is 0 Å². The zero-order valence-electron chi connectivity index (χ0n) is 11.1. The Labute approximate surface area is 127 Å². The third kappa shape index (κ3) is 2.99. The number of rotatable bonds is 2. The summed E-state index contributed by atoms with van der Waals surface area (Å²) in [6, 6.07) is 8.91. The molecule has 0 radical (unpaired) electrons. The van der Waals surface area contributed by atoms with Crippen LogP contribution in [-0.4, -0.2) is 14.8 Å². The lowest BCUT2D eigenvalue weighted by Crippen LogP contribution is -2.17. The van der Waals surface area contributed by atoms with E-state index in [4.69, 9.17) is 0 Å². The quantitative estimate of drug-likeness (QED) is 0.741. The van der Waals surface area contributed by atoms with Crippen molar-refractivity contribution in [2.45, 2.75) is 38.6 Å². The minimum Gasteiger partial charge on any atom is -0.249 e. The highest BCUT2D eigenvalue weighted by molar-refractivity contribution is 14.1. The molecule has 1 fully saturated rings. The maximum atomic E-state index is 4.66. The van der Waals surface area contributed by atoms with E-state index in [1.807, 2.05) is 6.33 Å². The predicted molar refractivity (Wildman–Crippen MR) is 84.8 cm³/mol. The lowest BCUT2D eigenvalue weighted by Gasteiger charge is -2.25. The van der Waals surface area contributed by atoms with Crippen molar-refractivity contribution in [3.63, 3.8) is 0 Å². The fourth-order valence-electron chi connectivity index (χ4n) is 2.69. The number of benzene rings is 1. The van der Waals surface area contributed by atoms with Gasteiger partial charge in [-0.15, -0.1) is 0 Å². The van der Waals surface area contributed by atoms with Crippen LogP contribution >= 0.6 is 22.6 Å². The van der Waals surface area contributed by atoms with Gasteiger partial charge in [-0.2, -0.15) is 5.10 Å². The smallest absolute Gasteiger partial charge is 0.181 e. The summed E-state index contributed by atoms with van der Waals surface area (Å²) in [4.78, 5) is 4.46. The van der Waals surface area contributed by atoms with Crippen molar-refractivity contribution >= 4 is 22.6 Å². The molecule has 4 heteroatoms. The van der Waals surface area contributed by atoms with Gasteiger partial charge in [-0.05, 0) is 66.3 Å². The van der Waals surface area contributed by atoms with Crippen molar-refractivity contribution in [1.29, 1.82) is 0 Å². The molecule has 0 unspecified atom stereocenters. The fourth-order valence-corrected chi connectivity index (χ4v) is 3.05. The van der Waals surface area contributed by atoms with Crippen LogP contribution in [0.5, 0.6) is 0 Å². The van der Waals surface area contributed by atoms with Gasteiger partial charge in [-0.25, -0.2) is 9.67 Å². The summed E-state index contributed by atoms with van der Waals surface area (Å²) in [6.45, 7) is 2.34. The number of hydrogen-bond donors (Lipinski definition) is 0. The molecular formula is C15H18IN3. The third-order valence-corrected chi connectivity index (χ3v) is 4.69. The van der Waals surface area contributed by atoms with Crippen molar-refractivity contribution in [1.82, 2.24) is 14.8 Å². The van der Waals surface area contributed by atoms with Crippen molar-refractivity contribution in [2.75, 3.05) is 0 Å². The number of nitrogens with zero attached hydrogens (tertiary/aromatic N) is 3. The molecule has 1 aliphatic rings. The van der Waals surface area contributed by atoms with Crippen molar-refractivity contribution < 1.29 is 0 Å². The first kappa shape index (κ1) is 13.1. The molecule has 1 heterocycles. The normalized spacial score (nSPS) is 23.5. The van der Waals surface area contributed by atoms with Crippen molar-refractivity contribution in [2.24, 2.45) is 5.92 Å². The molecule has 1 aromatic carbocycles. The van der Waals surface area contributed by atoms with Crippen molar-refractivity contribution in [3.05, 3.63) is 34.2 Å². The Hall–Kier alpha value is -0.910. The van der Waals surface area contributed by atoms with Crippen LogP contribution in [0, 0.1) is 9.49 Å². The SMILES string of the molecule is CC1CCC(n2cnc(-c3ccc(I)cc3)n2)CC1. The summed E-state index contributed by atoms with van der Waals surface area (Å²) < 4.78 is 3.31. The molecule has 0 saturated heterocycles. The van der Waals surface area contributed by atoms with E-state index in [9.17, 15) is 0 Å². The molecule has 19 heavy (non-hydrogen) atoms. The van der Waals surface area contributed by atoms with Crippen LogP contribution in [0.25, 0.3) is 11.4 Å². The van der Waals surface area contributed by atoms with Crippen LogP contribution in [0.2, 0.25) is 0 Å². The van der Waals surface area contributed by atoms with Gasteiger partial charge < -0.3 is 0 Å². The van der Waals surface area contributed by atoms with E-state index in [1.54, 1.807) is 0 Å². The summed E-state index contributed by atoms with van der Waals surface area (Å²) in [5.74, 6) is 1.71. The van der Waals surface area contributed by atoms with E-state index in [0.29, 0.717) is 6.04 Å². The lowest BCUT2D eigenvalue weighted by atomic mass is 9.87. The second kappa shape index (κ2) is 5.61. The molecular weight excluding hydrogens is 349 g/mol. The second-order valence-electron chi connectivity index (χ2n) is 5.47. The molecule has 0 spiro atoms. The number of halogens is 1. The van der Waals surface area contributed by atoms with Crippen molar-refractivity contribution in [3.8, 4) is 11.4 Å². The first-order valence-corrected chi connectivity index (χ1v) is 7.97. The Morgan fingerprint density at radius 1 is 1.11 bits per heavy atom. The highest BCUT2D eigenvalue weighted by Crippen LogP contribution is 2.31. The molecule has 0 N–H and O–H groups in total. The molecule has 0 aliphatic heterocycles. The Balaban J connectivity index is 1.77. The molecule has 2 aromatic rings. The monoisotopic (exact) mass is 367 g/mol. The summed E-state index contributed by atoms with van der Waals surface area (Å²) in [7, 11) is 0. The van der Waals surface area contributed by atoms with E-state index in [-0.39, 0.29) is 0 Å². The van der Waals surface area contributed by atoms with Crippen LogP contribution in [0.1, 0.15) is 38.6 Å². The van der Waals surface area contributed by atoms with E-state index < -0.39 is 0 Å². The first-order valence-electron chi connectivity index (χ1n) is 6.89. The standard InChI is InChI=1S/C15H18IN3/c1-11-2-8-14(9-3-11)19-10-17-15(18-19)12-4-6-13(16)7-5-12/h4-7,10-11,14H,2-3,8-9H2,1H3. The van der Waals surface area contributed by atoms with Crippen LogP contribution in [0.3, 0.4) is 0 Å². The predicted octanol–water partition coefficient (Wildman–Crippen LogP) is 4.30. The van der Waals surface area contributed by atoms with E-state index in [0.717, 1.165) is 17.3 Å². The zero-order chi connectivity index (χ0) is 13.2. The largest absolute Gasteiger partial charge is 0.249 e. The van der Waals surface area contributed by atoms with Gasteiger partial charge in [0.15, 0.2) is 5.82 Å². The average molecular weight is 367 g/mol. The molecule has 0 atom stereocenters. The van der Waals surface area contributed by atoms with E-state index >= 15 is 0 Å². The molecule has 3 rings (SSSR count). The van der Waals surface area contributed by atoms with Crippen LogP contribution < -0.4 is 0 Å². The molecule has 1 aliphatic carbocycles.